The molecule has 0 heterocycles. The Labute approximate surface area is 72.4 Å². The Hall–Kier alpha value is -1.49. The van der Waals surface area contributed by atoms with Gasteiger partial charge >= 0.3 is 0 Å². The fourth-order valence-electron chi connectivity index (χ4n) is 0.967. The van der Waals surface area contributed by atoms with Gasteiger partial charge in [-0.05, 0) is 24.6 Å². The van der Waals surface area contributed by atoms with Gasteiger partial charge in [0, 0.05) is 0 Å². The first kappa shape index (κ1) is 8.61. The number of nitriles is 1. The lowest BCUT2D eigenvalue weighted by atomic mass is 10.0. The van der Waals surface area contributed by atoms with Crippen molar-refractivity contribution in [1.29, 1.82) is 5.26 Å². The number of ether oxygens (including phenoxy) is 1. The summed E-state index contributed by atoms with van der Waals surface area (Å²) in [5, 5.41) is 8.63. The quantitative estimate of drug-likeness (QED) is 0.666. The molecule has 1 aromatic carbocycles. The van der Waals surface area contributed by atoms with Crippen molar-refractivity contribution < 1.29 is 4.74 Å². The molecule has 0 aliphatic carbocycles. The standard InChI is InChI=1S/C10H11NO/c1-8(7-11)9-3-5-10(12-2)6-4-9/h3-6,8H,1-2H3. The third-order valence-corrected chi connectivity index (χ3v) is 1.81. The topological polar surface area (TPSA) is 33.0 Å². The number of benzene rings is 1. The molecule has 1 unspecified atom stereocenters. The zero-order valence-electron chi connectivity index (χ0n) is 7.24. The van der Waals surface area contributed by atoms with Gasteiger partial charge in [0.15, 0.2) is 0 Å². The number of nitrogens with zero attached hydrogens (tertiary/aromatic N) is 1. The summed E-state index contributed by atoms with van der Waals surface area (Å²) in [6, 6.07) is 9.73. The highest BCUT2D eigenvalue weighted by molar-refractivity contribution is 5.31. The Kier molecular flexibility index (Phi) is 2.71. The fraction of sp³-hybridized carbons (Fsp3) is 0.300. The van der Waals surface area contributed by atoms with Crippen molar-refractivity contribution in [2.45, 2.75) is 12.8 Å². The lowest BCUT2D eigenvalue weighted by Crippen LogP contribution is -1.89. The first-order chi connectivity index (χ1) is 5.77. The lowest BCUT2D eigenvalue weighted by molar-refractivity contribution is 0.414. The molecule has 0 radical (unpaired) electrons. The molecule has 0 saturated carbocycles. The van der Waals surface area contributed by atoms with Gasteiger partial charge < -0.3 is 4.74 Å². The first-order valence-corrected chi connectivity index (χ1v) is 3.81. The Morgan fingerprint density at radius 3 is 2.33 bits per heavy atom. The molecule has 1 atom stereocenters. The largest absolute Gasteiger partial charge is 0.497 e. The van der Waals surface area contributed by atoms with Crippen molar-refractivity contribution in [1.82, 2.24) is 0 Å². The molecule has 0 saturated heterocycles. The summed E-state index contributed by atoms with van der Waals surface area (Å²) < 4.78 is 5.00. The van der Waals surface area contributed by atoms with Crippen molar-refractivity contribution in [2.75, 3.05) is 7.11 Å². The maximum absolute atomic E-state index is 8.63. The molecule has 0 fully saturated rings. The number of methoxy groups -OCH3 is 1. The van der Waals surface area contributed by atoms with Gasteiger partial charge in [0.1, 0.15) is 5.75 Å². The van der Waals surface area contributed by atoms with Crippen molar-refractivity contribution in [3.05, 3.63) is 29.8 Å². The monoisotopic (exact) mass is 161 g/mol. The SMILES string of the molecule is COc1ccc(C(C)C#N)cc1. The van der Waals surface area contributed by atoms with Crippen molar-refractivity contribution in [3.63, 3.8) is 0 Å². The third-order valence-electron chi connectivity index (χ3n) is 1.81. The summed E-state index contributed by atoms with van der Waals surface area (Å²) in [6.07, 6.45) is 0. The highest BCUT2D eigenvalue weighted by Gasteiger charge is 2.02. The van der Waals surface area contributed by atoms with Crippen LogP contribution in [0.2, 0.25) is 0 Å². The Bertz CT molecular complexity index is 284. The molecule has 0 aromatic heterocycles. The van der Waals surface area contributed by atoms with E-state index in [0.29, 0.717) is 0 Å². The van der Waals surface area contributed by atoms with Gasteiger partial charge in [0.05, 0.1) is 19.1 Å². The molecular weight excluding hydrogens is 150 g/mol. The molecule has 0 amide bonds. The normalized spacial score (nSPS) is 11.8. The van der Waals surface area contributed by atoms with Crippen LogP contribution in [0.5, 0.6) is 5.75 Å². The van der Waals surface area contributed by atoms with Crippen LogP contribution in [0.15, 0.2) is 24.3 Å². The van der Waals surface area contributed by atoms with Gasteiger partial charge in [0.2, 0.25) is 0 Å². The van der Waals surface area contributed by atoms with E-state index >= 15 is 0 Å². The second kappa shape index (κ2) is 3.77. The van der Waals surface area contributed by atoms with E-state index in [1.54, 1.807) is 7.11 Å². The number of hydrogen-bond acceptors (Lipinski definition) is 2. The second-order valence-electron chi connectivity index (χ2n) is 2.62. The minimum absolute atomic E-state index is 0.0455. The van der Waals surface area contributed by atoms with Gasteiger partial charge in [-0.25, -0.2) is 0 Å². The van der Waals surface area contributed by atoms with E-state index in [2.05, 4.69) is 6.07 Å². The molecule has 0 spiro atoms. The summed E-state index contributed by atoms with van der Waals surface area (Å²) >= 11 is 0. The van der Waals surface area contributed by atoms with Crippen LogP contribution in [0.3, 0.4) is 0 Å². The maximum atomic E-state index is 8.63. The molecule has 2 heteroatoms. The number of hydrogen-bond donors (Lipinski definition) is 0. The van der Waals surface area contributed by atoms with E-state index in [0.717, 1.165) is 11.3 Å². The minimum atomic E-state index is -0.0455. The average Bonchev–Trinajstić information content (AvgIpc) is 2.17. The summed E-state index contributed by atoms with van der Waals surface area (Å²) in [7, 11) is 1.63. The summed E-state index contributed by atoms with van der Waals surface area (Å²) in [5.41, 5.74) is 1.03. The van der Waals surface area contributed by atoms with Crippen LogP contribution in [0, 0.1) is 11.3 Å². The second-order valence-corrected chi connectivity index (χ2v) is 2.62. The Balaban J connectivity index is 2.86. The minimum Gasteiger partial charge on any atom is -0.497 e. The van der Waals surface area contributed by atoms with Gasteiger partial charge in [-0.15, -0.1) is 0 Å². The predicted octanol–water partition coefficient (Wildman–Crippen LogP) is 2.32. The van der Waals surface area contributed by atoms with Gasteiger partial charge in [-0.3, -0.25) is 0 Å². The average molecular weight is 161 g/mol. The zero-order chi connectivity index (χ0) is 8.97. The van der Waals surface area contributed by atoms with E-state index in [4.69, 9.17) is 10.00 Å². The molecule has 12 heavy (non-hydrogen) atoms. The van der Waals surface area contributed by atoms with Gasteiger partial charge in [-0.1, -0.05) is 12.1 Å². The Morgan fingerprint density at radius 1 is 1.33 bits per heavy atom. The van der Waals surface area contributed by atoms with Crippen LogP contribution in [0.4, 0.5) is 0 Å². The van der Waals surface area contributed by atoms with Crippen LogP contribution < -0.4 is 4.74 Å². The van der Waals surface area contributed by atoms with E-state index in [1.165, 1.54) is 0 Å². The van der Waals surface area contributed by atoms with Crippen LogP contribution >= 0.6 is 0 Å². The van der Waals surface area contributed by atoms with Gasteiger partial charge in [0.25, 0.3) is 0 Å². The summed E-state index contributed by atoms with van der Waals surface area (Å²) in [4.78, 5) is 0. The smallest absolute Gasteiger partial charge is 0.118 e. The van der Waals surface area contributed by atoms with Crippen LogP contribution in [0.1, 0.15) is 18.4 Å². The van der Waals surface area contributed by atoms with Crippen molar-refractivity contribution >= 4 is 0 Å². The molecule has 1 aromatic rings. The molecule has 0 bridgehead atoms. The molecule has 1 rings (SSSR count). The highest BCUT2D eigenvalue weighted by Crippen LogP contribution is 2.17. The zero-order valence-corrected chi connectivity index (χ0v) is 7.24. The predicted molar refractivity (Wildman–Crippen MR) is 47.0 cm³/mol. The van der Waals surface area contributed by atoms with E-state index in [1.807, 2.05) is 31.2 Å². The summed E-state index contributed by atoms with van der Waals surface area (Å²) in [5.74, 6) is 0.778. The molecule has 0 aliphatic heterocycles. The van der Waals surface area contributed by atoms with Gasteiger partial charge in [-0.2, -0.15) is 5.26 Å². The molecule has 62 valence electrons. The van der Waals surface area contributed by atoms with Crippen LogP contribution in [-0.2, 0) is 0 Å². The van der Waals surface area contributed by atoms with Crippen LogP contribution in [0.25, 0.3) is 0 Å². The molecule has 2 nitrogen and oxygen atoms in total. The van der Waals surface area contributed by atoms with E-state index < -0.39 is 0 Å². The first-order valence-electron chi connectivity index (χ1n) is 3.81. The fourth-order valence-corrected chi connectivity index (χ4v) is 0.967. The molecular formula is C10H11NO. The third kappa shape index (κ3) is 1.76. The van der Waals surface area contributed by atoms with Crippen molar-refractivity contribution in [3.8, 4) is 11.8 Å². The van der Waals surface area contributed by atoms with E-state index in [9.17, 15) is 0 Å². The molecule has 0 N–H and O–H groups in total. The van der Waals surface area contributed by atoms with E-state index in [-0.39, 0.29) is 5.92 Å². The molecule has 0 aliphatic rings. The lowest BCUT2D eigenvalue weighted by Gasteiger charge is -2.03. The highest BCUT2D eigenvalue weighted by atomic mass is 16.5. The Morgan fingerprint density at radius 2 is 1.92 bits per heavy atom. The van der Waals surface area contributed by atoms with Crippen molar-refractivity contribution in [2.24, 2.45) is 0 Å². The number of rotatable bonds is 2. The maximum Gasteiger partial charge on any atom is 0.118 e. The van der Waals surface area contributed by atoms with Crippen LogP contribution in [-0.4, -0.2) is 7.11 Å². The summed E-state index contributed by atoms with van der Waals surface area (Å²) in [6.45, 7) is 1.88.